The zero-order chi connectivity index (χ0) is 14.8. The van der Waals surface area contributed by atoms with Crippen LogP contribution in [-0.2, 0) is 6.54 Å². The Hall–Kier alpha value is -1.13. The van der Waals surface area contributed by atoms with Gasteiger partial charge in [0.05, 0.1) is 7.11 Å². The van der Waals surface area contributed by atoms with Crippen LogP contribution >= 0.6 is 0 Å². The predicted molar refractivity (Wildman–Crippen MR) is 81.9 cm³/mol. The Kier molecular flexibility index (Phi) is 4.66. The summed E-state index contributed by atoms with van der Waals surface area (Å²) in [5, 5.41) is 3.65. The lowest BCUT2D eigenvalue weighted by Crippen LogP contribution is -2.62. The quantitative estimate of drug-likeness (QED) is 0.916. The molecule has 2 heterocycles. The van der Waals surface area contributed by atoms with Gasteiger partial charge in [-0.3, -0.25) is 4.90 Å². The predicted octanol–water partition coefficient (Wildman–Crippen LogP) is 2.30. The summed E-state index contributed by atoms with van der Waals surface area (Å²) in [7, 11) is 1.65. The van der Waals surface area contributed by atoms with Gasteiger partial charge in [0.1, 0.15) is 0 Å². The average Bonchev–Trinajstić information content (AvgIpc) is 2.38. The van der Waals surface area contributed by atoms with Gasteiger partial charge in [-0.05, 0) is 25.3 Å². The first-order valence-corrected chi connectivity index (χ1v) is 7.39. The van der Waals surface area contributed by atoms with E-state index in [1.54, 1.807) is 7.11 Å². The highest BCUT2D eigenvalue weighted by atomic mass is 16.5. The van der Waals surface area contributed by atoms with E-state index in [2.05, 4.69) is 49.0 Å². The Morgan fingerprint density at radius 2 is 2.20 bits per heavy atom. The van der Waals surface area contributed by atoms with Crippen molar-refractivity contribution in [3.05, 3.63) is 23.9 Å². The van der Waals surface area contributed by atoms with Crippen molar-refractivity contribution in [3.63, 3.8) is 0 Å². The van der Waals surface area contributed by atoms with Gasteiger partial charge >= 0.3 is 0 Å². The number of hydrogen-bond donors (Lipinski definition) is 1. The zero-order valence-corrected chi connectivity index (χ0v) is 13.3. The smallest absolute Gasteiger partial charge is 0.212 e. The summed E-state index contributed by atoms with van der Waals surface area (Å²) >= 11 is 0. The summed E-state index contributed by atoms with van der Waals surface area (Å²) in [5.41, 5.74) is 1.42. The molecule has 0 saturated carbocycles. The molecule has 0 amide bonds. The summed E-state index contributed by atoms with van der Waals surface area (Å²) in [6.07, 6.45) is 1.92. The maximum absolute atomic E-state index is 5.12. The first-order chi connectivity index (χ1) is 9.41. The van der Waals surface area contributed by atoms with Crippen molar-refractivity contribution in [3.8, 4) is 5.88 Å². The van der Waals surface area contributed by atoms with Crippen LogP contribution in [0.3, 0.4) is 0 Å². The molecule has 1 aliphatic rings. The molecule has 1 aliphatic heterocycles. The van der Waals surface area contributed by atoms with Crippen LogP contribution in [-0.4, -0.2) is 41.7 Å². The standard InChI is InChI=1S/C16H27N3O/c1-12(2)14-9-18-16(3,4)11-19(14)10-13-6-7-15(20-5)17-8-13/h6-8,12,14,18H,9-11H2,1-5H3. The van der Waals surface area contributed by atoms with Crippen molar-refractivity contribution < 1.29 is 4.74 Å². The van der Waals surface area contributed by atoms with Crippen molar-refractivity contribution in [2.45, 2.75) is 45.8 Å². The van der Waals surface area contributed by atoms with E-state index in [-0.39, 0.29) is 5.54 Å². The Labute approximate surface area is 122 Å². The Morgan fingerprint density at radius 3 is 2.75 bits per heavy atom. The lowest BCUT2D eigenvalue weighted by Gasteiger charge is -2.46. The first kappa shape index (κ1) is 15.3. The van der Waals surface area contributed by atoms with E-state index in [1.165, 1.54) is 5.56 Å². The van der Waals surface area contributed by atoms with Gasteiger partial charge in [0.25, 0.3) is 0 Å². The maximum Gasteiger partial charge on any atom is 0.212 e. The van der Waals surface area contributed by atoms with Crippen LogP contribution in [0.1, 0.15) is 33.3 Å². The number of methoxy groups -OCH3 is 1. The first-order valence-electron chi connectivity index (χ1n) is 7.39. The van der Waals surface area contributed by atoms with Gasteiger partial charge in [-0.1, -0.05) is 19.9 Å². The fraction of sp³-hybridized carbons (Fsp3) is 0.688. The van der Waals surface area contributed by atoms with Gasteiger partial charge in [0.2, 0.25) is 5.88 Å². The number of aromatic nitrogens is 1. The van der Waals surface area contributed by atoms with E-state index >= 15 is 0 Å². The van der Waals surface area contributed by atoms with Crippen LogP contribution in [0.4, 0.5) is 0 Å². The molecule has 1 saturated heterocycles. The Bertz CT molecular complexity index is 428. The largest absolute Gasteiger partial charge is 0.481 e. The summed E-state index contributed by atoms with van der Waals surface area (Å²) < 4.78 is 5.12. The topological polar surface area (TPSA) is 37.4 Å². The van der Waals surface area contributed by atoms with E-state index < -0.39 is 0 Å². The lowest BCUT2D eigenvalue weighted by atomic mass is 9.93. The molecular weight excluding hydrogens is 250 g/mol. The van der Waals surface area contributed by atoms with Gasteiger partial charge < -0.3 is 10.1 Å². The van der Waals surface area contributed by atoms with E-state index in [0.29, 0.717) is 17.8 Å². The molecule has 2 rings (SSSR count). The number of ether oxygens (including phenoxy) is 1. The molecule has 1 atom stereocenters. The van der Waals surface area contributed by atoms with Crippen molar-refractivity contribution in [2.75, 3.05) is 20.2 Å². The highest BCUT2D eigenvalue weighted by Crippen LogP contribution is 2.22. The van der Waals surface area contributed by atoms with Gasteiger partial charge in [0, 0.05) is 43.5 Å². The minimum Gasteiger partial charge on any atom is -0.481 e. The second-order valence-electron chi connectivity index (χ2n) is 6.69. The molecule has 4 nitrogen and oxygen atoms in total. The molecule has 4 heteroatoms. The van der Waals surface area contributed by atoms with E-state index in [0.717, 1.165) is 19.6 Å². The molecule has 1 aromatic rings. The zero-order valence-electron chi connectivity index (χ0n) is 13.3. The third-order valence-electron chi connectivity index (χ3n) is 4.02. The third-order valence-corrected chi connectivity index (χ3v) is 4.02. The molecule has 112 valence electrons. The van der Waals surface area contributed by atoms with E-state index in [9.17, 15) is 0 Å². The van der Waals surface area contributed by atoms with Gasteiger partial charge in [-0.25, -0.2) is 4.98 Å². The second kappa shape index (κ2) is 6.10. The number of hydrogen-bond acceptors (Lipinski definition) is 4. The van der Waals surface area contributed by atoms with Crippen LogP contribution in [0.15, 0.2) is 18.3 Å². The van der Waals surface area contributed by atoms with E-state index in [1.807, 2.05) is 12.3 Å². The van der Waals surface area contributed by atoms with Gasteiger partial charge in [-0.15, -0.1) is 0 Å². The van der Waals surface area contributed by atoms with Crippen molar-refractivity contribution in [2.24, 2.45) is 5.92 Å². The van der Waals surface area contributed by atoms with E-state index in [4.69, 9.17) is 4.74 Å². The van der Waals surface area contributed by atoms with Crippen molar-refractivity contribution in [1.82, 2.24) is 15.2 Å². The van der Waals surface area contributed by atoms with Crippen LogP contribution in [0.5, 0.6) is 5.88 Å². The molecule has 0 aliphatic carbocycles. The van der Waals surface area contributed by atoms with Crippen LogP contribution in [0, 0.1) is 5.92 Å². The molecule has 0 aromatic carbocycles. The molecule has 0 radical (unpaired) electrons. The molecular formula is C16H27N3O. The summed E-state index contributed by atoms with van der Waals surface area (Å²) in [6, 6.07) is 4.62. The number of nitrogens with zero attached hydrogens (tertiary/aromatic N) is 2. The van der Waals surface area contributed by atoms with Gasteiger partial charge in [0.15, 0.2) is 0 Å². The monoisotopic (exact) mass is 277 g/mol. The maximum atomic E-state index is 5.12. The lowest BCUT2D eigenvalue weighted by molar-refractivity contribution is 0.0626. The summed E-state index contributed by atoms with van der Waals surface area (Å²) in [5.74, 6) is 1.32. The highest BCUT2D eigenvalue weighted by Gasteiger charge is 2.33. The molecule has 1 fully saturated rings. The fourth-order valence-corrected chi connectivity index (χ4v) is 2.88. The normalized spacial score (nSPS) is 23.0. The third kappa shape index (κ3) is 3.70. The number of nitrogens with one attached hydrogen (secondary N) is 1. The molecule has 20 heavy (non-hydrogen) atoms. The molecule has 0 bridgehead atoms. The highest BCUT2D eigenvalue weighted by molar-refractivity contribution is 5.18. The van der Waals surface area contributed by atoms with Crippen LogP contribution in [0.2, 0.25) is 0 Å². The Balaban J connectivity index is 2.09. The number of rotatable bonds is 4. The minimum atomic E-state index is 0.172. The molecule has 0 spiro atoms. The van der Waals surface area contributed by atoms with Crippen LogP contribution < -0.4 is 10.1 Å². The molecule has 1 aromatic heterocycles. The molecule has 1 N–H and O–H groups in total. The SMILES string of the molecule is COc1ccc(CN2CC(C)(C)NCC2C(C)C)cn1. The van der Waals surface area contributed by atoms with Crippen molar-refractivity contribution >= 4 is 0 Å². The fourth-order valence-electron chi connectivity index (χ4n) is 2.88. The Morgan fingerprint density at radius 1 is 1.45 bits per heavy atom. The second-order valence-corrected chi connectivity index (χ2v) is 6.69. The summed E-state index contributed by atoms with van der Waals surface area (Å²) in [4.78, 5) is 6.88. The van der Waals surface area contributed by atoms with Crippen LogP contribution in [0.25, 0.3) is 0 Å². The van der Waals surface area contributed by atoms with Gasteiger partial charge in [-0.2, -0.15) is 0 Å². The number of pyridine rings is 1. The molecule has 1 unspecified atom stereocenters. The van der Waals surface area contributed by atoms with Crippen molar-refractivity contribution in [1.29, 1.82) is 0 Å². The average molecular weight is 277 g/mol. The summed E-state index contributed by atoms with van der Waals surface area (Å²) in [6.45, 7) is 12.2. The number of piperazine rings is 1. The minimum absolute atomic E-state index is 0.172.